The van der Waals surface area contributed by atoms with Gasteiger partial charge in [0.05, 0.1) is 12.6 Å². The molecule has 2 aromatic rings. The van der Waals surface area contributed by atoms with Crippen LogP contribution >= 0.6 is 24.0 Å². The van der Waals surface area contributed by atoms with Crippen LogP contribution in [0.2, 0.25) is 0 Å². The van der Waals surface area contributed by atoms with Crippen LogP contribution in [0.4, 0.5) is 0 Å². The van der Waals surface area contributed by atoms with Gasteiger partial charge in [0.15, 0.2) is 5.96 Å². The fourth-order valence-corrected chi connectivity index (χ4v) is 3.03. The Bertz CT molecular complexity index is 708. The second-order valence-corrected chi connectivity index (χ2v) is 7.26. The summed E-state index contributed by atoms with van der Waals surface area (Å²) in [7, 11) is 0. The van der Waals surface area contributed by atoms with Gasteiger partial charge in [-0.3, -0.25) is 4.99 Å². The van der Waals surface area contributed by atoms with Gasteiger partial charge in [0.2, 0.25) is 0 Å². The van der Waals surface area contributed by atoms with Gasteiger partial charge in [-0.25, -0.2) is 0 Å². The Kier molecular flexibility index (Phi) is 11.1. The van der Waals surface area contributed by atoms with Gasteiger partial charge in [0.25, 0.3) is 0 Å². The number of nitrogens with one attached hydrogen (secondary N) is 2. The number of nitrogens with zero attached hydrogens (tertiary/aromatic N) is 4. The maximum atomic E-state index is 4.70. The molecule has 1 heterocycles. The van der Waals surface area contributed by atoms with Crippen molar-refractivity contribution in [2.24, 2.45) is 10.9 Å². The zero-order chi connectivity index (χ0) is 19.6. The molecule has 7 heteroatoms. The van der Waals surface area contributed by atoms with Gasteiger partial charge < -0.3 is 15.2 Å². The van der Waals surface area contributed by atoms with Gasteiger partial charge in [0, 0.05) is 19.5 Å². The Labute approximate surface area is 186 Å². The Morgan fingerprint density at radius 3 is 2.46 bits per heavy atom. The first kappa shape index (κ1) is 24.4. The number of aryl methyl sites for hydroxylation is 1. The highest BCUT2D eigenvalue weighted by Gasteiger charge is 2.08. The summed E-state index contributed by atoms with van der Waals surface area (Å²) >= 11 is 0. The highest BCUT2D eigenvalue weighted by Crippen LogP contribution is 2.15. The van der Waals surface area contributed by atoms with Crippen LogP contribution in [0.15, 0.2) is 35.6 Å². The van der Waals surface area contributed by atoms with Gasteiger partial charge in [-0.05, 0) is 37.3 Å². The molecule has 0 saturated carbocycles. The van der Waals surface area contributed by atoms with Crippen molar-refractivity contribution in [3.05, 3.63) is 47.5 Å². The molecule has 28 heavy (non-hydrogen) atoms. The number of hydrogen-bond donors (Lipinski definition) is 2. The van der Waals surface area contributed by atoms with Crippen molar-refractivity contribution < 1.29 is 0 Å². The van der Waals surface area contributed by atoms with Crippen molar-refractivity contribution in [3.63, 3.8) is 0 Å². The lowest BCUT2D eigenvalue weighted by atomic mass is 10.00. The molecule has 0 amide bonds. The van der Waals surface area contributed by atoms with Gasteiger partial charge >= 0.3 is 0 Å². The summed E-state index contributed by atoms with van der Waals surface area (Å²) < 4.78 is 2.06. The summed E-state index contributed by atoms with van der Waals surface area (Å²) in [6.45, 7) is 13.1. The largest absolute Gasteiger partial charge is 0.357 e. The van der Waals surface area contributed by atoms with Crippen LogP contribution < -0.4 is 10.6 Å². The predicted molar refractivity (Wildman–Crippen MR) is 127 cm³/mol. The normalized spacial score (nSPS) is 12.6. The third-order valence-electron chi connectivity index (χ3n) is 4.44. The molecule has 0 aliphatic carbocycles. The second-order valence-electron chi connectivity index (χ2n) is 7.26. The van der Waals surface area contributed by atoms with Crippen LogP contribution in [0.25, 0.3) is 0 Å². The van der Waals surface area contributed by atoms with E-state index >= 15 is 0 Å². The van der Waals surface area contributed by atoms with Crippen molar-refractivity contribution in [2.75, 3.05) is 13.1 Å². The van der Waals surface area contributed by atoms with E-state index in [9.17, 15) is 0 Å². The highest BCUT2D eigenvalue weighted by molar-refractivity contribution is 14.0. The Balaban J connectivity index is 0.00000392. The van der Waals surface area contributed by atoms with E-state index in [1.54, 1.807) is 6.33 Å². The molecule has 1 aromatic heterocycles. The highest BCUT2D eigenvalue weighted by atomic mass is 127. The summed E-state index contributed by atoms with van der Waals surface area (Å²) in [5, 5.41) is 14.9. The summed E-state index contributed by atoms with van der Waals surface area (Å²) in [6, 6.07) is 9.08. The molecule has 156 valence electrons. The number of hydrogen-bond acceptors (Lipinski definition) is 3. The van der Waals surface area contributed by atoms with Crippen LogP contribution in [0.1, 0.15) is 57.6 Å². The summed E-state index contributed by atoms with van der Waals surface area (Å²) in [5.74, 6) is 2.51. The van der Waals surface area contributed by atoms with Gasteiger partial charge in [-0.1, -0.05) is 45.0 Å². The smallest absolute Gasteiger partial charge is 0.191 e. The molecule has 1 aromatic carbocycles. The summed E-state index contributed by atoms with van der Waals surface area (Å²) in [4.78, 5) is 4.70. The number of guanidine groups is 1. The molecule has 0 bridgehead atoms. The molecule has 0 aliphatic heterocycles. The molecule has 2 rings (SSSR count). The molecule has 0 spiro atoms. The maximum Gasteiger partial charge on any atom is 0.191 e. The fourth-order valence-electron chi connectivity index (χ4n) is 3.03. The number of rotatable bonds is 9. The minimum Gasteiger partial charge on any atom is -0.357 e. The van der Waals surface area contributed by atoms with Gasteiger partial charge in [-0.15, -0.1) is 34.2 Å². The lowest BCUT2D eigenvalue weighted by Crippen LogP contribution is -2.39. The third kappa shape index (κ3) is 7.77. The topological polar surface area (TPSA) is 67.1 Å². The van der Waals surface area contributed by atoms with Crippen molar-refractivity contribution in [1.29, 1.82) is 0 Å². The minimum atomic E-state index is 0. The average Bonchev–Trinajstić information content (AvgIpc) is 3.09. The maximum absolute atomic E-state index is 4.70. The number of halogens is 1. The van der Waals surface area contributed by atoms with E-state index < -0.39 is 0 Å². The molecular formula is C21H35IN6. The van der Waals surface area contributed by atoms with E-state index in [1.807, 2.05) is 0 Å². The Hall–Kier alpha value is -1.64. The summed E-state index contributed by atoms with van der Waals surface area (Å²) in [5.41, 5.74) is 2.65. The van der Waals surface area contributed by atoms with E-state index in [0.29, 0.717) is 12.5 Å². The van der Waals surface area contributed by atoms with Crippen LogP contribution in [-0.4, -0.2) is 33.8 Å². The van der Waals surface area contributed by atoms with Gasteiger partial charge in [-0.2, -0.15) is 0 Å². The molecule has 6 nitrogen and oxygen atoms in total. The lowest BCUT2D eigenvalue weighted by molar-refractivity contribution is 0.643. The van der Waals surface area contributed by atoms with Gasteiger partial charge in [0.1, 0.15) is 12.2 Å². The first-order valence-electron chi connectivity index (χ1n) is 10.0. The predicted octanol–water partition coefficient (Wildman–Crippen LogP) is 3.97. The number of aliphatic imine (C=N–C) groups is 1. The SMILES string of the molecule is CCNC(=NCCn1cnnc1CC)NC(C)c1ccc(CC(C)C)cc1.I. The molecule has 0 fully saturated rings. The van der Waals surface area contributed by atoms with Crippen molar-refractivity contribution >= 4 is 29.9 Å². The first-order valence-corrected chi connectivity index (χ1v) is 10.0. The lowest BCUT2D eigenvalue weighted by Gasteiger charge is -2.19. The van der Waals surface area contributed by atoms with E-state index in [-0.39, 0.29) is 30.0 Å². The first-order chi connectivity index (χ1) is 13.0. The Morgan fingerprint density at radius 2 is 1.86 bits per heavy atom. The number of aromatic nitrogens is 3. The van der Waals surface area contributed by atoms with E-state index in [2.05, 4.69) is 84.3 Å². The monoisotopic (exact) mass is 498 g/mol. The zero-order valence-corrected chi connectivity index (χ0v) is 20.1. The van der Waals surface area contributed by atoms with Crippen LogP contribution in [0.3, 0.4) is 0 Å². The molecule has 0 radical (unpaired) electrons. The molecule has 0 saturated heterocycles. The quantitative estimate of drug-likeness (QED) is 0.312. The molecule has 1 unspecified atom stereocenters. The van der Waals surface area contributed by atoms with E-state index in [0.717, 1.165) is 37.7 Å². The van der Waals surface area contributed by atoms with Crippen molar-refractivity contribution in [3.8, 4) is 0 Å². The van der Waals surface area contributed by atoms with E-state index in [1.165, 1.54) is 11.1 Å². The zero-order valence-electron chi connectivity index (χ0n) is 17.8. The average molecular weight is 498 g/mol. The second kappa shape index (κ2) is 12.7. The minimum absolute atomic E-state index is 0. The van der Waals surface area contributed by atoms with Crippen LogP contribution in [0, 0.1) is 5.92 Å². The fraction of sp³-hybridized carbons (Fsp3) is 0.571. The molecule has 1 atom stereocenters. The molecular weight excluding hydrogens is 463 g/mol. The van der Waals surface area contributed by atoms with E-state index in [4.69, 9.17) is 4.99 Å². The molecule has 0 aliphatic rings. The third-order valence-corrected chi connectivity index (χ3v) is 4.44. The number of benzene rings is 1. The van der Waals surface area contributed by atoms with Crippen molar-refractivity contribution in [2.45, 2.75) is 60.0 Å². The van der Waals surface area contributed by atoms with Crippen LogP contribution in [0.5, 0.6) is 0 Å². The standard InChI is InChI=1S/C21H34N6.HI/c1-6-20-26-24-15-27(20)13-12-23-21(22-7-2)25-17(5)19-10-8-18(9-11-19)14-16(3)4;/h8-11,15-17H,6-7,12-14H2,1-5H3,(H2,22,23,25);1H. The molecule has 2 N–H and O–H groups in total. The Morgan fingerprint density at radius 1 is 1.14 bits per heavy atom. The van der Waals surface area contributed by atoms with Crippen LogP contribution in [-0.2, 0) is 19.4 Å². The summed E-state index contributed by atoms with van der Waals surface area (Å²) in [6.07, 6.45) is 3.77. The van der Waals surface area contributed by atoms with Crippen molar-refractivity contribution in [1.82, 2.24) is 25.4 Å².